The molecule has 3 saturated heterocycles. The van der Waals surface area contributed by atoms with Crippen molar-refractivity contribution >= 4 is 39.3 Å². The van der Waals surface area contributed by atoms with Crippen molar-refractivity contribution in [1.29, 1.82) is 0 Å². The van der Waals surface area contributed by atoms with Gasteiger partial charge in [-0.25, -0.2) is 9.91 Å². The monoisotopic (exact) mass is 455 g/mol. The molecule has 148 valence electrons. The number of carbonyl (C=O) groups excluding carboxylic acids is 3. The largest absolute Gasteiger partial charge is 0.497 e. The Kier molecular flexibility index (Phi) is 4.22. The molecule has 0 bridgehead atoms. The van der Waals surface area contributed by atoms with Gasteiger partial charge >= 0.3 is 0 Å². The molecule has 7 nitrogen and oxygen atoms in total. The molecule has 2 aromatic rings. The Morgan fingerprint density at radius 1 is 0.931 bits per heavy atom. The zero-order chi connectivity index (χ0) is 20.3. The third-order valence-electron chi connectivity index (χ3n) is 5.87. The Hall–Kier alpha value is -2.71. The molecule has 0 unspecified atom stereocenters. The summed E-state index contributed by atoms with van der Waals surface area (Å²) in [6, 6.07) is 13.3. The first kappa shape index (κ1) is 18.3. The van der Waals surface area contributed by atoms with E-state index in [1.54, 1.807) is 31.4 Å². The molecular weight excluding hydrogens is 438 g/mol. The summed E-state index contributed by atoms with van der Waals surface area (Å²) in [7, 11) is 1.59. The number of methoxy groups -OCH3 is 1. The van der Waals surface area contributed by atoms with Gasteiger partial charge in [0.1, 0.15) is 11.8 Å². The van der Waals surface area contributed by atoms with E-state index in [4.69, 9.17) is 4.74 Å². The smallest absolute Gasteiger partial charge is 0.259 e. The number of anilines is 1. The van der Waals surface area contributed by atoms with Crippen LogP contribution >= 0.6 is 15.9 Å². The summed E-state index contributed by atoms with van der Waals surface area (Å²) in [5.41, 5.74) is 1.40. The normalized spacial score (nSPS) is 26.3. The first-order valence-corrected chi connectivity index (χ1v) is 10.2. The molecule has 3 fully saturated rings. The highest BCUT2D eigenvalue weighted by molar-refractivity contribution is 9.10. The van der Waals surface area contributed by atoms with Crippen molar-refractivity contribution in [3.8, 4) is 5.75 Å². The van der Waals surface area contributed by atoms with Crippen LogP contribution in [0.5, 0.6) is 5.75 Å². The van der Waals surface area contributed by atoms with Crippen LogP contribution in [0.3, 0.4) is 0 Å². The van der Waals surface area contributed by atoms with Crippen molar-refractivity contribution in [2.45, 2.75) is 18.5 Å². The molecule has 3 aliphatic heterocycles. The predicted octanol–water partition coefficient (Wildman–Crippen LogP) is 2.52. The number of hydrogen-bond donors (Lipinski definition) is 0. The zero-order valence-electron chi connectivity index (χ0n) is 15.6. The number of hydrogen-bond acceptors (Lipinski definition) is 5. The van der Waals surface area contributed by atoms with Gasteiger partial charge in [0.15, 0.2) is 0 Å². The van der Waals surface area contributed by atoms with Crippen molar-refractivity contribution in [3.05, 3.63) is 58.6 Å². The lowest BCUT2D eigenvalue weighted by Crippen LogP contribution is -2.45. The van der Waals surface area contributed by atoms with E-state index in [1.807, 2.05) is 29.3 Å². The lowest BCUT2D eigenvalue weighted by molar-refractivity contribution is -0.143. The van der Waals surface area contributed by atoms with Gasteiger partial charge in [0, 0.05) is 17.4 Å². The number of benzene rings is 2. The van der Waals surface area contributed by atoms with Crippen LogP contribution in [0.1, 0.15) is 18.0 Å². The lowest BCUT2D eigenvalue weighted by Gasteiger charge is -2.29. The van der Waals surface area contributed by atoms with E-state index in [-0.39, 0.29) is 23.8 Å². The third kappa shape index (κ3) is 2.63. The molecule has 2 aromatic carbocycles. The van der Waals surface area contributed by atoms with Crippen LogP contribution in [0, 0.1) is 5.92 Å². The van der Waals surface area contributed by atoms with Gasteiger partial charge in [0.25, 0.3) is 5.91 Å². The molecule has 0 saturated carbocycles. The van der Waals surface area contributed by atoms with Crippen molar-refractivity contribution in [3.63, 3.8) is 0 Å². The highest BCUT2D eigenvalue weighted by Gasteiger charge is 2.64. The van der Waals surface area contributed by atoms with Crippen molar-refractivity contribution in [2.24, 2.45) is 5.92 Å². The topological polar surface area (TPSA) is 70.2 Å². The van der Waals surface area contributed by atoms with Crippen LogP contribution in [-0.2, 0) is 14.4 Å². The second-order valence-electron chi connectivity index (χ2n) is 7.33. The highest BCUT2D eigenvalue weighted by Crippen LogP contribution is 2.49. The Bertz CT molecular complexity index is 1010. The molecule has 0 radical (unpaired) electrons. The van der Waals surface area contributed by atoms with Gasteiger partial charge in [-0.1, -0.05) is 28.1 Å². The average molecular weight is 456 g/mol. The van der Waals surface area contributed by atoms with Crippen LogP contribution in [0.25, 0.3) is 0 Å². The standard InChI is InChI=1S/C21H18BrN3O4/c1-29-15-8-2-12(3-9-15)18-17-19(25-16(26)10-11-23(18)25)21(28)24(20(17)27)14-6-4-13(22)5-7-14/h2-9,17-19H,10-11H2,1H3/t17-,18+,19+/m0/s1. The summed E-state index contributed by atoms with van der Waals surface area (Å²) < 4.78 is 6.09. The molecule has 0 spiro atoms. The fourth-order valence-corrected chi connectivity index (χ4v) is 4.88. The minimum Gasteiger partial charge on any atom is -0.497 e. The Balaban J connectivity index is 1.58. The van der Waals surface area contributed by atoms with Gasteiger partial charge in [-0.2, -0.15) is 0 Å². The maximum absolute atomic E-state index is 13.4. The molecule has 3 aliphatic rings. The van der Waals surface area contributed by atoms with E-state index in [1.165, 1.54) is 9.91 Å². The predicted molar refractivity (Wildman–Crippen MR) is 108 cm³/mol. The molecule has 0 aromatic heterocycles. The fourth-order valence-electron chi connectivity index (χ4n) is 4.62. The van der Waals surface area contributed by atoms with Crippen molar-refractivity contribution < 1.29 is 19.1 Å². The lowest BCUT2D eigenvalue weighted by atomic mass is 9.89. The molecule has 5 rings (SSSR count). The molecule has 3 heterocycles. The molecule has 0 aliphatic carbocycles. The average Bonchev–Trinajstić information content (AvgIpc) is 3.34. The van der Waals surface area contributed by atoms with E-state index in [9.17, 15) is 14.4 Å². The second-order valence-corrected chi connectivity index (χ2v) is 8.24. The summed E-state index contributed by atoms with van der Waals surface area (Å²) >= 11 is 3.37. The number of ether oxygens (including phenoxy) is 1. The zero-order valence-corrected chi connectivity index (χ0v) is 17.2. The molecule has 3 atom stereocenters. The van der Waals surface area contributed by atoms with Gasteiger partial charge < -0.3 is 4.74 Å². The minimum absolute atomic E-state index is 0.116. The maximum atomic E-state index is 13.4. The summed E-state index contributed by atoms with van der Waals surface area (Å²) in [6.07, 6.45) is 0.343. The van der Waals surface area contributed by atoms with Crippen molar-refractivity contribution in [1.82, 2.24) is 10.0 Å². The first-order chi connectivity index (χ1) is 14.0. The van der Waals surface area contributed by atoms with E-state index in [0.29, 0.717) is 24.4 Å². The molecule has 3 amide bonds. The summed E-state index contributed by atoms with van der Waals surface area (Å²) in [5.74, 6) is -0.662. The van der Waals surface area contributed by atoms with Crippen LogP contribution in [0.4, 0.5) is 5.69 Å². The number of imide groups is 1. The second kappa shape index (κ2) is 6.67. The van der Waals surface area contributed by atoms with Gasteiger partial charge in [-0.05, 0) is 42.0 Å². The van der Waals surface area contributed by atoms with Crippen LogP contribution in [-0.4, -0.2) is 47.4 Å². The van der Waals surface area contributed by atoms with Crippen LogP contribution in [0.15, 0.2) is 53.0 Å². The maximum Gasteiger partial charge on any atom is 0.259 e. The number of carbonyl (C=O) groups is 3. The number of halogens is 1. The number of amides is 3. The number of fused-ring (bicyclic) bond motifs is 3. The van der Waals surface area contributed by atoms with Crippen LogP contribution < -0.4 is 9.64 Å². The SMILES string of the molecule is COc1ccc([C@@H]2[C@@H]3C(=O)N(c4ccc(Br)cc4)C(=O)[C@@H]3N3C(=O)CCN23)cc1. The Labute approximate surface area is 175 Å². The quantitative estimate of drug-likeness (QED) is 0.665. The van der Waals surface area contributed by atoms with E-state index >= 15 is 0 Å². The van der Waals surface area contributed by atoms with Crippen molar-refractivity contribution in [2.75, 3.05) is 18.6 Å². The van der Waals surface area contributed by atoms with Gasteiger partial charge in [-0.3, -0.25) is 19.4 Å². The number of nitrogens with zero attached hydrogens (tertiary/aromatic N) is 3. The Morgan fingerprint density at radius 3 is 2.28 bits per heavy atom. The van der Waals surface area contributed by atoms with E-state index in [2.05, 4.69) is 15.9 Å². The summed E-state index contributed by atoms with van der Waals surface area (Å²) in [4.78, 5) is 40.5. The third-order valence-corrected chi connectivity index (χ3v) is 6.40. The molecule has 0 N–H and O–H groups in total. The Morgan fingerprint density at radius 2 is 1.62 bits per heavy atom. The fraction of sp³-hybridized carbons (Fsp3) is 0.286. The van der Waals surface area contributed by atoms with E-state index in [0.717, 1.165) is 10.0 Å². The van der Waals surface area contributed by atoms with Crippen LogP contribution in [0.2, 0.25) is 0 Å². The summed E-state index contributed by atoms with van der Waals surface area (Å²) in [5, 5.41) is 3.40. The first-order valence-electron chi connectivity index (χ1n) is 9.37. The minimum atomic E-state index is -0.798. The molecule has 29 heavy (non-hydrogen) atoms. The number of rotatable bonds is 3. The molecular formula is C21H18BrN3O4. The van der Waals surface area contributed by atoms with E-state index < -0.39 is 12.0 Å². The molecule has 8 heteroatoms. The van der Waals surface area contributed by atoms with Gasteiger partial charge in [0.05, 0.1) is 24.8 Å². The number of hydrazine groups is 1. The van der Waals surface area contributed by atoms with Gasteiger partial charge in [-0.15, -0.1) is 0 Å². The highest BCUT2D eigenvalue weighted by atomic mass is 79.9. The summed E-state index contributed by atoms with van der Waals surface area (Å²) in [6.45, 7) is 0.501. The van der Waals surface area contributed by atoms with Gasteiger partial charge in [0.2, 0.25) is 11.8 Å².